The summed E-state index contributed by atoms with van der Waals surface area (Å²) in [5, 5.41) is 7.31. The Labute approximate surface area is 204 Å². The number of benzene rings is 2. The van der Waals surface area contributed by atoms with Crippen LogP contribution in [0.4, 0.5) is 11.6 Å². The van der Waals surface area contributed by atoms with Gasteiger partial charge in [0, 0.05) is 30.5 Å². The van der Waals surface area contributed by atoms with Gasteiger partial charge in [0.25, 0.3) is 0 Å². The lowest BCUT2D eigenvalue weighted by atomic mass is 10.0. The molecule has 0 radical (unpaired) electrons. The van der Waals surface area contributed by atoms with Crippen molar-refractivity contribution in [2.75, 3.05) is 16.8 Å². The molecule has 1 N–H and O–H groups in total. The molecular weight excluding hydrogens is 440 g/mol. The van der Waals surface area contributed by atoms with Crippen molar-refractivity contribution in [2.45, 2.75) is 52.6 Å². The molecule has 5 rings (SSSR count). The number of rotatable bonds is 7. The second kappa shape index (κ2) is 9.74. The number of amides is 1. The Morgan fingerprint density at radius 2 is 1.86 bits per heavy atom. The maximum atomic E-state index is 13.3. The van der Waals surface area contributed by atoms with Crippen molar-refractivity contribution in [1.82, 2.24) is 19.2 Å². The first kappa shape index (κ1) is 22.8. The van der Waals surface area contributed by atoms with Gasteiger partial charge >= 0.3 is 5.69 Å². The van der Waals surface area contributed by atoms with Crippen molar-refractivity contribution in [3.63, 3.8) is 0 Å². The molecule has 0 atom stereocenters. The molecule has 3 heterocycles. The van der Waals surface area contributed by atoms with E-state index in [-0.39, 0.29) is 18.1 Å². The summed E-state index contributed by atoms with van der Waals surface area (Å²) < 4.78 is 2.72. The maximum Gasteiger partial charge on any atom is 0.353 e. The van der Waals surface area contributed by atoms with Crippen molar-refractivity contribution in [2.24, 2.45) is 0 Å². The number of aryl methyl sites for hydroxylation is 2. The van der Waals surface area contributed by atoms with Crippen LogP contribution in [0, 0.1) is 6.92 Å². The predicted octanol–water partition coefficient (Wildman–Crippen LogP) is 3.74. The Hall–Kier alpha value is -3.94. The number of hydrogen-bond acceptors (Lipinski definition) is 5. The van der Waals surface area contributed by atoms with E-state index in [1.54, 1.807) is 6.07 Å². The molecule has 8 heteroatoms. The topological polar surface area (TPSA) is 84.5 Å². The van der Waals surface area contributed by atoms with Gasteiger partial charge in [-0.25, -0.2) is 18.9 Å². The number of hydrogen-bond donors (Lipinski definition) is 1. The number of fused-ring (bicyclic) bond motifs is 2. The second-order valence-electron chi connectivity index (χ2n) is 9.12. The molecular formula is C27H30N6O2. The summed E-state index contributed by atoms with van der Waals surface area (Å²) in [5.41, 5.74) is 5.41. The predicted molar refractivity (Wildman–Crippen MR) is 137 cm³/mol. The van der Waals surface area contributed by atoms with E-state index >= 15 is 0 Å². The Morgan fingerprint density at radius 3 is 2.63 bits per heavy atom. The van der Waals surface area contributed by atoms with Crippen LogP contribution in [0.15, 0.2) is 59.4 Å². The fourth-order valence-electron chi connectivity index (χ4n) is 4.59. The van der Waals surface area contributed by atoms with Crippen molar-refractivity contribution < 1.29 is 4.79 Å². The Kier molecular flexibility index (Phi) is 6.35. The summed E-state index contributed by atoms with van der Waals surface area (Å²) in [7, 11) is 0. The number of carbonyl (C=O) groups excluding carboxylic acids is 1. The van der Waals surface area contributed by atoms with Gasteiger partial charge in [-0.3, -0.25) is 4.79 Å². The standard InChI is InChI=1S/C27H30N6O2/c1-3-4-7-20-10-12-23(13-11-20)29-25(34)18-32-27(35)33-24(30-32)16-19(2)28-26(33)31-15-14-21-8-5-6-9-22(21)17-31/h5-6,8-13,16H,3-4,7,14-15,17-18H2,1-2H3,(H,29,34). The Bertz CT molecular complexity index is 1420. The number of carbonyl (C=O) groups is 1. The van der Waals surface area contributed by atoms with Crippen LogP contribution in [0.3, 0.4) is 0 Å². The van der Waals surface area contributed by atoms with E-state index in [1.807, 2.05) is 37.3 Å². The van der Waals surface area contributed by atoms with Crippen LogP contribution in [-0.2, 0) is 30.7 Å². The molecule has 0 spiro atoms. The van der Waals surface area contributed by atoms with Crippen molar-refractivity contribution in [3.05, 3.63) is 87.5 Å². The zero-order valence-electron chi connectivity index (χ0n) is 20.2. The van der Waals surface area contributed by atoms with Gasteiger partial charge in [0.2, 0.25) is 11.9 Å². The van der Waals surface area contributed by atoms with Crippen LogP contribution in [0.5, 0.6) is 0 Å². The van der Waals surface area contributed by atoms with Gasteiger partial charge in [-0.05, 0) is 55.0 Å². The number of nitrogens with one attached hydrogen (secondary N) is 1. The lowest BCUT2D eigenvalue weighted by Gasteiger charge is -2.29. The molecule has 2 aromatic heterocycles. The summed E-state index contributed by atoms with van der Waals surface area (Å²) in [6, 6.07) is 18.0. The van der Waals surface area contributed by atoms with Crippen molar-refractivity contribution in [1.29, 1.82) is 0 Å². The van der Waals surface area contributed by atoms with Gasteiger partial charge < -0.3 is 10.2 Å². The molecule has 35 heavy (non-hydrogen) atoms. The molecule has 0 bridgehead atoms. The smallest absolute Gasteiger partial charge is 0.337 e. The minimum absolute atomic E-state index is 0.167. The van der Waals surface area contributed by atoms with E-state index in [0.29, 0.717) is 23.8 Å². The van der Waals surface area contributed by atoms with E-state index in [9.17, 15) is 9.59 Å². The fraction of sp³-hybridized carbons (Fsp3) is 0.333. The van der Waals surface area contributed by atoms with Crippen LogP contribution >= 0.6 is 0 Å². The minimum atomic E-state index is -0.369. The van der Waals surface area contributed by atoms with Crippen molar-refractivity contribution in [3.8, 4) is 0 Å². The lowest BCUT2D eigenvalue weighted by Crippen LogP contribution is -2.35. The molecule has 1 aliphatic rings. The zero-order valence-corrected chi connectivity index (χ0v) is 20.2. The van der Waals surface area contributed by atoms with Gasteiger partial charge in [-0.15, -0.1) is 5.10 Å². The maximum absolute atomic E-state index is 13.3. The summed E-state index contributed by atoms with van der Waals surface area (Å²) >= 11 is 0. The van der Waals surface area contributed by atoms with Gasteiger partial charge in [-0.2, -0.15) is 0 Å². The second-order valence-corrected chi connectivity index (χ2v) is 9.12. The summed E-state index contributed by atoms with van der Waals surface area (Å²) in [5.74, 6) is 0.267. The van der Waals surface area contributed by atoms with Crippen molar-refractivity contribution >= 4 is 23.2 Å². The first-order valence-corrected chi connectivity index (χ1v) is 12.2. The van der Waals surface area contributed by atoms with E-state index < -0.39 is 0 Å². The molecule has 8 nitrogen and oxygen atoms in total. The van der Waals surface area contributed by atoms with Gasteiger partial charge in [0.1, 0.15) is 6.54 Å². The van der Waals surface area contributed by atoms with E-state index in [1.165, 1.54) is 25.8 Å². The summed E-state index contributed by atoms with van der Waals surface area (Å²) in [6.45, 7) is 5.33. The minimum Gasteiger partial charge on any atom is -0.337 e. The zero-order chi connectivity index (χ0) is 24.4. The van der Waals surface area contributed by atoms with E-state index in [4.69, 9.17) is 0 Å². The number of nitrogens with zero attached hydrogens (tertiary/aromatic N) is 5. The SMILES string of the molecule is CCCCc1ccc(NC(=O)Cn2nc3cc(C)nc(N4CCc5ccccc5C4)n3c2=O)cc1. The monoisotopic (exact) mass is 470 g/mol. The van der Waals surface area contributed by atoms with Gasteiger partial charge in [-0.1, -0.05) is 49.7 Å². The number of anilines is 2. The molecule has 0 unspecified atom stereocenters. The lowest BCUT2D eigenvalue weighted by molar-refractivity contribution is -0.117. The Balaban J connectivity index is 1.37. The first-order valence-electron chi connectivity index (χ1n) is 12.2. The summed E-state index contributed by atoms with van der Waals surface area (Å²) in [4.78, 5) is 32.8. The van der Waals surface area contributed by atoms with E-state index in [2.05, 4.69) is 45.4 Å². The molecule has 4 aromatic rings. The molecule has 0 saturated carbocycles. The van der Waals surface area contributed by atoms with E-state index in [0.717, 1.165) is 37.9 Å². The highest BCUT2D eigenvalue weighted by atomic mass is 16.2. The van der Waals surface area contributed by atoms with Crippen LogP contribution in [0.2, 0.25) is 0 Å². The molecule has 0 saturated heterocycles. The third-order valence-corrected chi connectivity index (χ3v) is 6.44. The normalized spacial score (nSPS) is 13.1. The summed E-state index contributed by atoms with van der Waals surface area (Å²) in [6.07, 6.45) is 4.20. The van der Waals surface area contributed by atoms with Gasteiger partial charge in [0.05, 0.1) is 0 Å². The average Bonchev–Trinajstić information content (AvgIpc) is 3.17. The molecule has 2 aromatic carbocycles. The fourth-order valence-corrected chi connectivity index (χ4v) is 4.59. The third kappa shape index (κ3) is 4.82. The quantitative estimate of drug-likeness (QED) is 0.445. The molecule has 1 aliphatic heterocycles. The Morgan fingerprint density at radius 1 is 1.09 bits per heavy atom. The number of aromatic nitrogens is 4. The molecule has 180 valence electrons. The highest BCUT2D eigenvalue weighted by Gasteiger charge is 2.22. The van der Waals surface area contributed by atoms with Crippen LogP contribution in [-0.4, -0.2) is 31.6 Å². The highest BCUT2D eigenvalue weighted by molar-refractivity contribution is 5.90. The molecule has 1 amide bonds. The first-order chi connectivity index (χ1) is 17.0. The number of unbranched alkanes of at least 4 members (excludes halogenated alkanes) is 1. The van der Waals surface area contributed by atoms with Crippen LogP contribution < -0.4 is 15.9 Å². The van der Waals surface area contributed by atoms with Gasteiger partial charge in [0.15, 0.2) is 5.65 Å². The molecule has 0 aliphatic carbocycles. The average molecular weight is 471 g/mol. The van der Waals surface area contributed by atoms with Crippen LogP contribution in [0.25, 0.3) is 5.65 Å². The largest absolute Gasteiger partial charge is 0.353 e. The third-order valence-electron chi connectivity index (χ3n) is 6.44. The highest BCUT2D eigenvalue weighted by Crippen LogP contribution is 2.23. The molecule has 0 fully saturated rings. The van der Waals surface area contributed by atoms with Crippen LogP contribution in [0.1, 0.15) is 42.1 Å².